The summed E-state index contributed by atoms with van der Waals surface area (Å²) in [6, 6.07) is 13.4. The molecule has 0 saturated carbocycles. The van der Waals surface area contributed by atoms with Crippen molar-refractivity contribution in [3.05, 3.63) is 64.9 Å². The maximum absolute atomic E-state index is 6.24. The lowest BCUT2D eigenvalue weighted by atomic mass is 9.92. The average molecular weight is 427 g/mol. The van der Waals surface area contributed by atoms with Gasteiger partial charge in [0.05, 0.1) is 0 Å². The van der Waals surface area contributed by atoms with Gasteiger partial charge in [0.1, 0.15) is 0 Å². The first kappa shape index (κ1) is 21.8. The van der Waals surface area contributed by atoms with Gasteiger partial charge in [-0.2, -0.15) is 0 Å². The molecule has 0 N–H and O–H groups in total. The minimum absolute atomic E-state index is 0.772. The molecular formula is C25H35ClN4. The summed E-state index contributed by atoms with van der Waals surface area (Å²) in [6.45, 7) is 8.09. The summed E-state index contributed by atoms with van der Waals surface area (Å²) >= 11 is 6.24. The van der Waals surface area contributed by atoms with Crippen LogP contribution in [0.4, 0.5) is 0 Å². The molecule has 5 heteroatoms. The van der Waals surface area contributed by atoms with E-state index in [0.29, 0.717) is 0 Å². The van der Waals surface area contributed by atoms with Crippen molar-refractivity contribution < 1.29 is 0 Å². The molecule has 0 spiro atoms. The lowest BCUT2D eigenvalue weighted by molar-refractivity contribution is 0.0728. The quantitative estimate of drug-likeness (QED) is 0.648. The van der Waals surface area contributed by atoms with Gasteiger partial charge >= 0.3 is 0 Å². The van der Waals surface area contributed by atoms with Crippen LogP contribution in [0.1, 0.15) is 36.8 Å². The predicted octanol–water partition coefficient (Wildman–Crippen LogP) is 4.54. The van der Waals surface area contributed by atoms with E-state index in [2.05, 4.69) is 57.1 Å². The van der Waals surface area contributed by atoms with E-state index in [4.69, 9.17) is 11.6 Å². The molecule has 4 nitrogen and oxygen atoms in total. The zero-order valence-electron chi connectivity index (χ0n) is 18.2. The first-order chi connectivity index (χ1) is 14.7. The molecule has 0 amide bonds. The lowest BCUT2D eigenvalue weighted by Crippen LogP contribution is -2.47. The SMILES string of the molecule is CN1CCC(N2CCC(CN(Cc3ccncc3)Cc3cccc(Cl)c3)CC2)CC1. The van der Waals surface area contributed by atoms with Crippen LogP contribution in [0.2, 0.25) is 5.02 Å². The Morgan fingerprint density at radius 3 is 2.33 bits per heavy atom. The highest BCUT2D eigenvalue weighted by atomic mass is 35.5. The Kier molecular flexibility index (Phi) is 7.78. The van der Waals surface area contributed by atoms with Gasteiger partial charge in [0.2, 0.25) is 0 Å². The monoisotopic (exact) mass is 426 g/mol. The van der Waals surface area contributed by atoms with E-state index >= 15 is 0 Å². The molecule has 2 aliphatic rings. The molecule has 0 bridgehead atoms. The van der Waals surface area contributed by atoms with Gasteiger partial charge in [0, 0.05) is 43.1 Å². The number of likely N-dealkylation sites (tertiary alicyclic amines) is 2. The lowest BCUT2D eigenvalue weighted by Gasteiger charge is -2.42. The molecule has 3 heterocycles. The Labute approximate surface area is 186 Å². The van der Waals surface area contributed by atoms with Crippen LogP contribution in [-0.2, 0) is 13.1 Å². The molecule has 0 radical (unpaired) electrons. The largest absolute Gasteiger partial charge is 0.306 e. The van der Waals surface area contributed by atoms with Crippen LogP contribution in [0, 0.1) is 5.92 Å². The molecular weight excluding hydrogens is 392 g/mol. The van der Waals surface area contributed by atoms with Gasteiger partial charge in [-0.1, -0.05) is 23.7 Å². The van der Waals surface area contributed by atoms with E-state index in [0.717, 1.165) is 36.6 Å². The normalized spacial score (nSPS) is 20.1. The van der Waals surface area contributed by atoms with Gasteiger partial charge in [-0.05, 0) is 100 Å². The average Bonchev–Trinajstić information content (AvgIpc) is 2.76. The van der Waals surface area contributed by atoms with Crippen molar-refractivity contribution in [3.63, 3.8) is 0 Å². The number of hydrogen-bond donors (Lipinski definition) is 0. The number of hydrogen-bond acceptors (Lipinski definition) is 4. The standard InChI is InChI=1S/C25H35ClN4/c1-28-13-9-25(10-14-28)30-15-7-22(8-16-30)19-29(18-21-5-11-27-12-6-21)20-23-3-2-4-24(26)17-23/h2-6,11-12,17,22,25H,7-10,13-16,18-20H2,1H3. The highest BCUT2D eigenvalue weighted by Crippen LogP contribution is 2.25. The van der Waals surface area contributed by atoms with Crippen molar-refractivity contribution in [3.8, 4) is 0 Å². The highest BCUT2D eigenvalue weighted by molar-refractivity contribution is 6.30. The Balaban J connectivity index is 1.34. The van der Waals surface area contributed by atoms with E-state index in [1.807, 2.05) is 18.5 Å². The summed E-state index contributed by atoms with van der Waals surface area (Å²) in [7, 11) is 2.25. The van der Waals surface area contributed by atoms with Gasteiger partial charge in [-0.25, -0.2) is 0 Å². The van der Waals surface area contributed by atoms with Crippen molar-refractivity contribution in [2.45, 2.75) is 44.8 Å². The fourth-order valence-electron chi connectivity index (χ4n) is 5.05. The zero-order valence-corrected chi connectivity index (χ0v) is 19.0. The number of nitrogens with zero attached hydrogens (tertiary/aromatic N) is 4. The van der Waals surface area contributed by atoms with E-state index in [1.165, 1.54) is 63.0 Å². The van der Waals surface area contributed by atoms with Crippen LogP contribution in [0.3, 0.4) is 0 Å². The minimum Gasteiger partial charge on any atom is -0.306 e. The van der Waals surface area contributed by atoms with Gasteiger partial charge in [-0.3, -0.25) is 9.88 Å². The molecule has 1 aromatic carbocycles. The third-order valence-electron chi connectivity index (χ3n) is 6.82. The topological polar surface area (TPSA) is 22.6 Å². The van der Waals surface area contributed by atoms with Gasteiger partial charge in [-0.15, -0.1) is 0 Å². The van der Waals surface area contributed by atoms with E-state index in [1.54, 1.807) is 0 Å². The molecule has 4 rings (SSSR count). The second-order valence-electron chi connectivity index (χ2n) is 9.17. The molecule has 2 fully saturated rings. The minimum atomic E-state index is 0.772. The van der Waals surface area contributed by atoms with Crippen LogP contribution in [0.15, 0.2) is 48.8 Å². The molecule has 0 unspecified atom stereocenters. The molecule has 0 atom stereocenters. The van der Waals surface area contributed by atoms with Crippen LogP contribution in [-0.4, -0.2) is 65.5 Å². The molecule has 2 saturated heterocycles. The molecule has 30 heavy (non-hydrogen) atoms. The molecule has 2 aromatic rings. The Hall–Kier alpha value is -1.46. The van der Waals surface area contributed by atoms with Crippen LogP contribution in [0.25, 0.3) is 0 Å². The highest BCUT2D eigenvalue weighted by Gasteiger charge is 2.28. The van der Waals surface area contributed by atoms with Crippen LogP contribution in [0.5, 0.6) is 0 Å². The first-order valence-corrected chi connectivity index (χ1v) is 11.8. The Morgan fingerprint density at radius 2 is 1.63 bits per heavy atom. The number of piperidine rings is 2. The van der Waals surface area contributed by atoms with E-state index < -0.39 is 0 Å². The Morgan fingerprint density at radius 1 is 0.933 bits per heavy atom. The fourth-order valence-corrected chi connectivity index (χ4v) is 5.26. The fraction of sp³-hybridized carbons (Fsp3) is 0.560. The second kappa shape index (κ2) is 10.7. The number of pyridine rings is 1. The summed E-state index contributed by atoms with van der Waals surface area (Å²) in [6.07, 6.45) is 9.09. The summed E-state index contributed by atoms with van der Waals surface area (Å²) in [4.78, 5) is 12.0. The van der Waals surface area contributed by atoms with E-state index in [9.17, 15) is 0 Å². The molecule has 0 aliphatic carbocycles. The number of aromatic nitrogens is 1. The Bertz CT molecular complexity index is 768. The van der Waals surface area contributed by atoms with Gasteiger partial charge in [0.15, 0.2) is 0 Å². The van der Waals surface area contributed by atoms with Crippen molar-refractivity contribution in [2.24, 2.45) is 5.92 Å². The van der Waals surface area contributed by atoms with Crippen molar-refractivity contribution in [1.82, 2.24) is 19.7 Å². The summed E-state index contributed by atoms with van der Waals surface area (Å²) in [5.41, 5.74) is 2.62. The maximum atomic E-state index is 6.24. The first-order valence-electron chi connectivity index (χ1n) is 11.4. The smallest absolute Gasteiger partial charge is 0.0409 e. The van der Waals surface area contributed by atoms with Crippen molar-refractivity contribution in [1.29, 1.82) is 0 Å². The molecule has 1 aromatic heterocycles. The van der Waals surface area contributed by atoms with Gasteiger partial charge < -0.3 is 9.80 Å². The summed E-state index contributed by atoms with van der Waals surface area (Å²) < 4.78 is 0. The zero-order chi connectivity index (χ0) is 20.8. The van der Waals surface area contributed by atoms with Crippen molar-refractivity contribution in [2.75, 3.05) is 39.8 Å². The third-order valence-corrected chi connectivity index (χ3v) is 7.06. The van der Waals surface area contributed by atoms with Crippen LogP contribution >= 0.6 is 11.6 Å². The number of benzene rings is 1. The summed E-state index contributed by atoms with van der Waals surface area (Å²) in [5.74, 6) is 0.772. The summed E-state index contributed by atoms with van der Waals surface area (Å²) in [5, 5.41) is 0.822. The van der Waals surface area contributed by atoms with E-state index in [-0.39, 0.29) is 0 Å². The van der Waals surface area contributed by atoms with Gasteiger partial charge in [0.25, 0.3) is 0 Å². The second-order valence-corrected chi connectivity index (χ2v) is 9.61. The van der Waals surface area contributed by atoms with Crippen LogP contribution < -0.4 is 0 Å². The molecule has 162 valence electrons. The molecule has 2 aliphatic heterocycles. The maximum Gasteiger partial charge on any atom is 0.0409 e. The number of rotatable bonds is 7. The third kappa shape index (κ3) is 6.27. The number of halogens is 1. The predicted molar refractivity (Wildman–Crippen MR) is 125 cm³/mol. The van der Waals surface area contributed by atoms with Crippen molar-refractivity contribution >= 4 is 11.6 Å².